The second kappa shape index (κ2) is 3.27. The lowest BCUT2D eigenvalue weighted by molar-refractivity contribution is -0.142. The third-order valence-corrected chi connectivity index (χ3v) is 3.85. The molecule has 1 aromatic rings. The molecule has 1 saturated carbocycles. The second-order valence-corrected chi connectivity index (χ2v) is 5.39. The van der Waals surface area contributed by atoms with E-state index in [9.17, 15) is 13.2 Å². The summed E-state index contributed by atoms with van der Waals surface area (Å²) in [6.07, 6.45) is -1.84. The number of fused-ring (bicyclic) bond motifs is 3. The Kier molecular flexibility index (Phi) is 2.14. The average molecular weight is 244 g/mol. The van der Waals surface area contributed by atoms with Gasteiger partial charge in [-0.2, -0.15) is 18.3 Å². The molecule has 1 aromatic heterocycles. The van der Waals surface area contributed by atoms with E-state index in [1.54, 1.807) is 4.68 Å². The Balaban J connectivity index is 2.16. The van der Waals surface area contributed by atoms with Crippen LogP contribution in [0.2, 0.25) is 0 Å². The van der Waals surface area contributed by atoms with Gasteiger partial charge in [0.15, 0.2) is 5.69 Å². The van der Waals surface area contributed by atoms with Gasteiger partial charge in [-0.3, -0.25) is 4.68 Å². The maximum atomic E-state index is 12.9. The summed E-state index contributed by atoms with van der Waals surface area (Å²) in [4.78, 5) is 0. The van der Waals surface area contributed by atoms with Crippen molar-refractivity contribution in [3.63, 3.8) is 0 Å². The molecule has 1 heterocycles. The van der Waals surface area contributed by atoms with Crippen LogP contribution in [-0.4, -0.2) is 9.78 Å². The minimum absolute atomic E-state index is 0.000741. The third kappa shape index (κ3) is 1.58. The zero-order valence-corrected chi connectivity index (χ0v) is 9.88. The van der Waals surface area contributed by atoms with Gasteiger partial charge in [-0.15, -0.1) is 0 Å². The Hall–Kier alpha value is -1.00. The molecule has 3 rings (SSSR count). The normalized spacial score (nSPS) is 26.9. The maximum Gasteiger partial charge on any atom is 0.435 e. The summed E-state index contributed by atoms with van der Waals surface area (Å²) in [6, 6.07) is -0.000741. The second-order valence-electron chi connectivity index (χ2n) is 5.39. The molecule has 0 bridgehead atoms. The molecule has 0 amide bonds. The molecule has 0 N–H and O–H groups in total. The monoisotopic (exact) mass is 244 g/mol. The molecule has 17 heavy (non-hydrogen) atoms. The summed E-state index contributed by atoms with van der Waals surface area (Å²) in [7, 11) is 0. The summed E-state index contributed by atoms with van der Waals surface area (Å²) < 4.78 is 40.4. The fourth-order valence-corrected chi connectivity index (χ4v) is 2.97. The highest BCUT2D eigenvalue weighted by atomic mass is 19.4. The molecule has 2 aliphatic rings. The fraction of sp³-hybridized carbons (Fsp3) is 0.750. The smallest absolute Gasteiger partial charge is 0.266 e. The number of hydrogen-bond donors (Lipinski definition) is 0. The summed E-state index contributed by atoms with van der Waals surface area (Å²) in [5.74, 6) is 0.947. The van der Waals surface area contributed by atoms with Crippen LogP contribution >= 0.6 is 0 Å². The van der Waals surface area contributed by atoms with Crippen LogP contribution in [0.4, 0.5) is 13.2 Å². The first-order valence-electron chi connectivity index (χ1n) is 6.08. The van der Waals surface area contributed by atoms with Crippen LogP contribution in [-0.2, 0) is 12.6 Å². The van der Waals surface area contributed by atoms with E-state index in [0.717, 1.165) is 18.5 Å². The van der Waals surface area contributed by atoms with Crippen molar-refractivity contribution in [2.75, 3.05) is 0 Å². The van der Waals surface area contributed by atoms with Crippen molar-refractivity contribution in [3.8, 4) is 0 Å². The van der Waals surface area contributed by atoms with Gasteiger partial charge >= 0.3 is 6.18 Å². The summed E-state index contributed by atoms with van der Waals surface area (Å²) in [5.41, 5.74) is 0.681. The number of alkyl halides is 3. The van der Waals surface area contributed by atoms with E-state index in [0.29, 0.717) is 23.8 Å². The molecule has 0 spiro atoms. The van der Waals surface area contributed by atoms with Gasteiger partial charge in [0, 0.05) is 23.2 Å². The lowest BCUT2D eigenvalue weighted by atomic mass is 9.95. The van der Waals surface area contributed by atoms with Crippen molar-refractivity contribution in [1.29, 1.82) is 0 Å². The largest absolute Gasteiger partial charge is 0.435 e. The maximum absolute atomic E-state index is 12.9. The molecule has 2 aliphatic carbocycles. The molecular weight excluding hydrogens is 229 g/mol. The first kappa shape index (κ1) is 11.1. The minimum Gasteiger partial charge on any atom is -0.266 e. The van der Waals surface area contributed by atoms with Gasteiger partial charge in [-0.25, -0.2) is 0 Å². The number of halogens is 3. The van der Waals surface area contributed by atoms with E-state index in [1.165, 1.54) is 0 Å². The fourth-order valence-electron chi connectivity index (χ4n) is 2.97. The van der Waals surface area contributed by atoms with Crippen LogP contribution in [0.15, 0.2) is 0 Å². The molecule has 1 fully saturated rings. The quantitative estimate of drug-likeness (QED) is 0.739. The number of rotatable bonds is 1. The minimum atomic E-state index is -4.31. The summed E-state index contributed by atoms with van der Waals surface area (Å²) in [6.45, 7) is 3.78. The van der Waals surface area contributed by atoms with Crippen molar-refractivity contribution in [2.45, 2.75) is 51.2 Å². The lowest BCUT2D eigenvalue weighted by Gasteiger charge is -2.16. The van der Waals surface area contributed by atoms with Crippen LogP contribution in [0.5, 0.6) is 0 Å². The number of nitrogens with zero attached hydrogens (tertiary/aromatic N) is 2. The Labute approximate surface area is 97.8 Å². The summed E-state index contributed by atoms with van der Waals surface area (Å²) >= 11 is 0. The molecular formula is C12H15F3N2. The van der Waals surface area contributed by atoms with Gasteiger partial charge in [-0.1, -0.05) is 0 Å². The van der Waals surface area contributed by atoms with Crippen molar-refractivity contribution in [1.82, 2.24) is 9.78 Å². The zero-order chi connectivity index (χ0) is 12.4. The van der Waals surface area contributed by atoms with Crippen molar-refractivity contribution < 1.29 is 13.2 Å². The van der Waals surface area contributed by atoms with Crippen LogP contribution in [0, 0.1) is 5.92 Å². The topological polar surface area (TPSA) is 17.8 Å². The zero-order valence-electron chi connectivity index (χ0n) is 9.88. The standard InChI is InChI=1S/C12H15F3N2/c1-6(2)17-10-8(4-3-7-5-9(7)10)11(16-17)12(13,14)15/h6-7,9H,3-5H2,1-2H3. The van der Waals surface area contributed by atoms with Crippen molar-refractivity contribution >= 4 is 0 Å². The van der Waals surface area contributed by atoms with Crippen LogP contribution in [0.3, 0.4) is 0 Å². The van der Waals surface area contributed by atoms with Crippen LogP contribution < -0.4 is 0 Å². The number of hydrogen-bond acceptors (Lipinski definition) is 1. The molecule has 2 atom stereocenters. The van der Waals surface area contributed by atoms with Crippen molar-refractivity contribution in [3.05, 3.63) is 17.0 Å². The van der Waals surface area contributed by atoms with Crippen LogP contribution in [0.1, 0.15) is 55.6 Å². The molecule has 0 aliphatic heterocycles. The van der Waals surface area contributed by atoms with E-state index in [4.69, 9.17) is 0 Å². The SMILES string of the molecule is CC(C)n1nc(C(F)(F)F)c2c1C1CC1CC2. The highest BCUT2D eigenvalue weighted by molar-refractivity contribution is 5.38. The van der Waals surface area contributed by atoms with Gasteiger partial charge in [0.1, 0.15) is 0 Å². The first-order chi connectivity index (χ1) is 7.89. The predicted octanol–water partition coefficient (Wildman–Crippen LogP) is 3.53. The highest BCUT2D eigenvalue weighted by Crippen LogP contribution is 2.56. The van der Waals surface area contributed by atoms with E-state index in [2.05, 4.69) is 5.10 Å². The lowest BCUT2D eigenvalue weighted by Crippen LogP contribution is -2.11. The molecule has 0 saturated heterocycles. The summed E-state index contributed by atoms with van der Waals surface area (Å²) in [5, 5.41) is 3.83. The Morgan fingerprint density at radius 3 is 2.65 bits per heavy atom. The van der Waals surface area contributed by atoms with E-state index in [1.807, 2.05) is 13.8 Å². The first-order valence-corrected chi connectivity index (χ1v) is 6.08. The molecule has 0 radical (unpaired) electrons. The van der Waals surface area contributed by atoms with E-state index >= 15 is 0 Å². The molecule has 2 nitrogen and oxygen atoms in total. The Bertz CT molecular complexity index is 459. The molecule has 5 heteroatoms. The van der Waals surface area contributed by atoms with Gasteiger partial charge < -0.3 is 0 Å². The molecule has 94 valence electrons. The Morgan fingerprint density at radius 2 is 2.06 bits per heavy atom. The van der Waals surface area contributed by atoms with Gasteiger partial charge in [0.2, 0.25) is 0 Å². The van der Waals surface area contributed by atoms with Gasteiger partial charge in [-0.05, 0) is 39.0 Å². The third-order valence-electron chi connectivity index (χ3n) is 3.85. The van der Waals surface area contributed by atoms with Gasteiger partial charge in [0.25, 0.3) is 0 Å². The van der Waals surface area contributed by atoms with E-state index in [-0.39, 0.29) is 6.04 Å². The number of aromatic nitrogens is 2. The van der Waals surface area contributed by atoms with E-state index < -0.39 is 11.9 Å². The molecule has 2 unspecified atom stereocenters. The van der Waals surface area contributed by atoms with Crippen molar-refractivity contribution in [2.24, 2.45) is 5.92 Å². The predicted molar refractivity (Wildman–Crippen MR) is 56.8 cm³/mol. The van der Waals surface area contributed by atoms with Crippen LogP contribution in [0.25, 0.3) is 0 Å². The average Bonchev–Trinajstić information content (AvgIpc) is 2.87. The molecule has 0 aromatic carbocycles. The highest BCUT2D eigenvalue weighted by Gasteiger charge is 2.49. The Morgan fingerprint density at radius 1 is 1.35 bits per heavy atom. The van der Waals surface area contributed by atoms with Gasteiger partial charge in [0.05, 0.1) is 0 Å².